The topological polar surface area (TPSA) is 47.0 Å². The Morgan fingerprint density at radius 2 is 1.81 bits per heavy atom. The van der Waals surface area contributed by atoms with Gasteiger partial charge in [0.25, 0.3) is 0 Å². The molecule has 0 amide bonds. The summed E-state index contributed by atoms with van der Waals surface area (Å²) in [7, 11) is 1.64. The van der Waals surface area contributed by atoms with E-state index in [4.69, 9.17) is 16.3 Å². The van der Waals surface area contributed by atoms with Gasteiger partial charge in [-0.15, -0.1) is 12.4 Å². The van der Waals surface area contributed by atoms with Crippen LogP contribution < -0.4 is 10.1 Å². The normalized spacial score (nSPS) is 10.0. The average Bonchev–Trinajstić information content (AvgIpc) is 2.48. The van der Waals surface area contributed by atoms with Gasteiger partial charge in [0.05, 0.1) is 12.6 Å². The number of methoxy groups -OCH3 is 1. The first-order valence-corrected chi connectivity index (χ1v) is 6.45. The monoisotopic (exact) mass is 321 g/mol. The van der Waals surface area contributed by atoms with E-state index in [2.05, 4.69) is 15.3 Å². The molecule has 108 valence electrons. The summed E-state index contributed by atoms with van der Waals surface area (Å²) in [6, 6.07) is 13.2. The van der Waals surface area contributed by atoms with Gasteiger partial charge in [-0.25, -0.2) is 9.97 Å². The number of ether oxygens (including phenoxy) is 1. The zero-order valence-corrected chi connectivity index (χ0v) is 12.8. The van der Waals surface area contributed by atoms with E-state index in [0.717, 1.165) is 28.2 Å². The first-order chi connectivity index (χ1) is 9.76. The van der Waals surface area contributed by atoms with Crippen LogP contribution >= 0.6 is 24.0 Å². The second-order valence-corrected chi connectivity index (χ2v) is 4.67. The summed E-state index contributed by atoms with van der Waals surface area (Å²) >= 11 is 5.97. The molecule has 0 bridgehead atoms. The highest BCUT2D eigenvalue weighted by Gasteiger charge is 2.04. The quantitative estimate of drug-likeness (QED) is 0.773. The van der Waals surface area contributed by atoms with Crippen LogP contribution in [-0.4, -0.2) is 17.1 Å². The lowest BCUT2D eigenvalue weighted by atomic mass is 10.2. The Hall–Kier alpha value is -2.04. The second kappa shape index (κ2) is 6.61. The predicted octanol–water partition coefficient (Wildman–Crippen LogP) is 4.46. The molecule has 0 saturated heterocycles. The third-order valence-electron chi connectivity index (χ3n) is 2.95. The van der Waals surface area contributed by atoms with Gasteiger partial charge in [-0.3, -0.25) is 0 Å². The maximum Gasteiger partial charge on any atom is 0.141 e. The fourth-order valence-corrected chi connectivity index (χ4v) is 2.11. The van der Waals surface area contributed by atoms with E-state index in [-0.39, 0.29) is 12.4 Å². The maximum atomic E-state index is 5.97. The maximum absolute atomic E-state index is 5.97. The molecule has 3 rings (SSSR count). The SMILES string of the molecule is COc1ccc(Nc2ncnc3cc(Cl)ccc23)cc1.Cl. The molecule has 0 atom stereocenters. The molecule has 0 aliphatic heterocycles. The molecule has 21 heavy (non-hydrogen) atoms. The van der Waals surface area contributed by atoms with Crippen LogP contribution in [0.4, 0.5) is 11.5 Å². The molecule has 2 aromatic carbocycles. The van der Waals surface area contributed by atoms with Crippen molar-refractivity contribution in [1.82, 2.24) is 9.97 Å². The molecule has 0 saturated carbocycles. The van der Waals surface area contributed by atoms with E-state index in [1.807, 2.05) is 42.5 Å². The molecule has 1 heterocycles. The molecule has 0 fully saturated rings. The van der Waals surface area contributed by atoms with Crippen molar-refractivity contribution in [2.45, 2.75) is 0 Å². The molecule has 1 N–H and O–H groups in total. The van der Waals surface area contributed by atoms with E-state index < -0.39 is 0 Å². The number of hydrogen-bond acceptors (Lipinski definition) is 4. The van der Waals surface area contributed by atoms with Crippen molar-refractivity contribution in [3.8, 4) is 5.75 Å². The zero-order chi connectivity index (χ0) is 13.9. The van der Waals surface area contributed by atoms with E-state index in [1.165, 1.54) is 6.33 Å². The molecule has 0 aliphatic rings. The Labute approximate surface area is 133 Å². The summed E-state index contributed by atoms with van der Waals surface area (Å²) in [5, 5.41) is 4.85. The van der Waals surface area contributed by atoms with Crippen LogP contribution in [0, 0.1) is 0 Å². The van der Waals surface area contributed by atoms with Gasteiger partial charge in [-0.05, 0) is 42.5 Å². The molecule has 3 aromatic rings. The van der Waals surface area contributed by atoms with E-state index in [0.29, 0.717) is 5.02 Å². The molecule has 0 spiro atoms. The summed E-state index contributed by atoms with van der Waals surface area (Å²) in [6.07, 6.45) is 1.52. The Morgan fingerprint density at radius 1 is 1.05 bits per heavy atom. The number of nitrogens with zero attached hydrogens (tertiary/aromatic N) is 2. The van der Waals surface area contributed by atoms with Crippen LogP contribution in [0.5, 0.6) is 5.75 Å². The number of benzene rings is 2. The first-order valence-electron chi connectivity index (χ1n) is 6.07. The fraction of sp³-hybridized carbons (Fsp3) is 0.0667. The molecular formula is C15H13Cl2N3O. The summed E-state index contributed by atoms with van der Waals surface area (Å²) in [4.78, 5) is 8.49. The average molecular weight is 322 g/mol. The van der Waals surface area contributed by atoms with Crippen LogP contribution in [-0.2, 0) is 0 Å². The van der Waals surface area contributed by atoms with E-state index >= 15 is 0 Å². The van der Waals surface area contributed by atoms with Gasteiger partial charge in [-0.2, -0.15) is 0 Å². The molecule has 4 nitrogen and oxygen atoms in total. The van der Waals surface area contributed by atoms with Crippen molar-refractivity contribution in [1.29, 1.82) is 0 Å². The summed E-state index contributed by atoms with van der Waals surface area (Å²) in [5.74, 6) is 1.56. The van der Waals surface area contributed by atoms with Gasteiger partial charge in [-0.1, -0.05) is 11.6 Å². The lowest BCUT2D eigenvalue weighted by Crippen LogP contribution is -1.96. The molecular weight excluding hydrogens is 309 g/mol. The number of anilines is 2. The Morgan fingerprint density at radius 3 is 2.52 bits per heavy atom. The summed E-state index contributed by atoms with van der Waals surface area (Å²) in [6.45, 7) is 0. The minimum absolute atomic E-state index is 0. The predicted molar refractivity (Wildman–Crippen MR) is 88.1 cm³/mol. The molecule has 0 radical (unpaired) electrons. The third kappa shape index (κ3) is 3.35. The number of aromatic nitrogens is 2. The van der Waals surface area contributed by atoms with Crippen LogP contribution in [0.2, 0.25) is 5.02 Å². The number of rotatable bonds is 3. The molecule has 0 aliphatic carbocycles. The van der Waals surface area contributed by atoms with Gasteiger partial charge >= 0.3 is 0 Å². The van der Waals surface area contributed by atoms with E-state index in [1.54, 1.807) is 7.11 Å². The highest BCUT2D eigenvalue weighted by Crippen LogP contribution is 2.25. The van der Waals surface area contributed by atoms with Gasteiger partial charge in [0.2, 0.25) is 0 Å². The smallest absolute Gasteiger partial charge is 0.141 e. The van der Waals surface area contributed by atoms with Crippen molar-refractivity contribution in [2.24, 2.45) is 0 Å². The van der Waals surface area contributed by atoms with Crippen LogP contribution in [0.1, 0.15) is 0 Å². The van der Waals surface area contributed by atoms with Crippen LogP contribution in [0.3, 0.4) is 0 Å². The fourth-order valence-electron chi connectivity index (χ4n) is 1.94. The third-order valence-corrected chi connectivity index (χ3v) is 3.19. The highest BCUT2D eigenvalue weighted by atomic mass is 35.5. The molecule has 0 unspecified atom stereocenters. The zero-order valence-electron chi connectivity index (χ0n) is 11.2. The van der Waals surface area contributed by atoms with Crippen molar-refractivity contribution in [3.05, 3.63) is 53.8 Å². The number of nitrogens with one attached hydrogen (secondary N) is 1. The van der Waals surface area contributed by atoms with Gasteiger partial charge < -0.3 is 10.1 Å². The lowest BCUT2D eigenvalue weighted by Gasteiger charge is -2.09. The summed E-state index contributed by atoms with van der Waals surface area (Å²) in [5.41, 5.74) is 1.74. The Kier molecular flexibility index (Phi) is 4.83. The van der Waals surface area contributed by atoms with Crippen molar-refractivity contribution in [2.75, 3.05) is 12.4 Å². The van der Waals surface area contributed by atoms with Crippen molar-refractivity contribution < 1.29 is 4.74 Å². The standard InChI is InChI=1S/C15H12ClN3O.ClH/c1-20-12-5-3-11(4-6-12)19-15-13-7-2-10(16)8-14(13)17-9-18-15;/h2-9H,1H3,(H,17,18,19);1H. The molecule has 6 heteroatoms. The largest absolute Gasteiger partial charge is 0.497 e. The Bertz CT molecular complexity index is 747. The van der Waals surface area contributed by atoms with E-state index in [9.17, 15) is 0 Å². The first kappa shape index (κ1) is 15.4. The second-order valence-electron chi connectivity index (χ2n) is 4.24. The molecule has 1 aromatic heterocycles. The summed E-state index contributed by atoms with van der Waals surface area (Å²) < 4.78 is 5.13. The van der Waals surface area contributed by atoms with Gasteiger partial charge in [0.15, 0.2) is 0 Å². The van der Waals surface area contributed by atoms with Gasteiger partial charge in [0, 0.05) is 16.1 Å². The van der Waals surface area contributed by atoms with Crippen molar-refractivity contribution in [3.63, 3.8) is 0 Å². The van der Waals surface area contributed by atoms with Crippen molar-refractivity contribution >= 4 is 46.4 Å². The number of fused-ring (bicyclic) bond motifs is 1. The van der Waals surface area contributed by atoms with Crippen LogP contribution in [0.15, 0.2) is 48.8 Å². The Balaban J connectivity index is 0.00000161. The van der Waals surface area contributed by atoms with Crippen LogP contribution in [0.25, 0.3) is 10.9 Å². The number of halogens is 2. The van der Waals surface area contributed by atoms with Gasteiger partial charge in [0.1, 0.15) is 17.9 Å². The lowest BCUT2D eigenvalue weighted by molar-refractivity contribution is 0.415. The minimum atomic E-state index is 0. The highest BCUT2D eigenvalue weighted by molar-refractivity contribution is 6.31. The minimum Gasteiger partial charge on any atom is -0.497 e. The number of hydrogen-bond donors (Lipinski definition) is 1.